The molecule has 2 fully saturated rings. The zero-order chi connectivity index (χ0) is 18.5. The molecule has 0 radical (unpaired) electrons. The van der Waals surface area contributed by atoms with Gasteiger partial charge < -0.3 is 14.7 Å². The lowest BCUT2D eigenvalue weighted by atomic mass is 9.92. The Bertz CT molecular complexity index is 611. The molecule has 0 bridgehead atoms. The number of phenolic OH excluding ortho intramolecular Hbond substituents is 1. The quantitative estimate of drug-likeness (QED) is 0.876. The van der Waals surface area contributed by atoms with Gasteiger partial charge >= 0.3 is 0 Å². The van der Waals surface area contributed by atoms with Crippen molar-refractivity contribution < 1.29 is 14.6 Å². The molecular weight excluding hydrogens is 328 g/mol. The van der Waals surface area contributed by atoms with E-state index >= 15 is 0 Å². The van der Waals surface area contributed by atoms with Crippen molar-refractivity contribution in [2.45, 2.75) is 46.1 Å². The number of hydrogen-bond acceptors (Lipinski definition) is 4. The van der Waals surface area contributed by atoms with E-state index in [1.54, 1.807) is 6.07 Å². The molecule has 1 N–H and O–H groups in total. The number of benzene rings is 1. The molecule has 1 atom stereocenters. The van der Waals surface area contributed by atoms with E-state index in [0.717, 1.165) is 57.5 Å². The molecule has 1 aromatic rings. The van der Waals surface area contributed by atoms with Gasteiger partial charge in [0.15, 0.2) is 11.5 Å². The highest BCUT2D eigenvalue weighted by atomic mass is 16.5. The van der Waals surface area contributed by atoms with Crippen molar-refractivity contribution in [2.75, 3.05) is 32.8 Å². The van der Waals surface area contributed by atoms with Crippen LogP contribution in [0.4, 0.5) is 0 Å². The maximum Gasteiger partial charge on any atom is 0.225 e. The Hall–Kier alpha value is -1.75. The van der Waals surface area contributed by atoms with Crippen molar-refractivity contribution in [2.24, 2.45) is 11.8 Å². The Morgan fingerprint density at radius 2 is 2.00 bits per heavy atom. The number of phenols is 1. The largest absolute Gasteiger partial charge is 0.504 e. The van der Waals surface area contributed by atoms with Crippen LogP contribution in [0.3, 0.4) is 0 Å². The van der Waals surface area contributed by atoms with Crippen LogP contribution in [0.15, 0.2) is 18.2 Å². The summed E-state index contributed by atoms with van der Waals surface area (Å²) in [7, 11) is 0. The van der Waals surface area contributed by atoms with Crippen LogP contribution in [0.2, 0.25) is 0 Å². The molecule has 0 aromatic heterocycles. The second-order valence-corrected chi connectivity index (χ2v) is 7.82. The number of hydrogen-bond donors (Lipinski definition) is 1. The van der Waals surface area contributed by atoms with Crippen molar-refractivity contribution in [1.82, 2.24) is 9.80 Å². The average molecular weight is 360 g/mol. The molecule has 1 amide bonds. The smallest absolute Gasteiger partial charge is 0.225 e. The molecule has 0 saturated carbocycles. The minimum Gasteiger partial charge on any atom is -0.504 e. The molecule has 26 heavy (non-hydrogen) atoms. The average Bonchev–Trinajstić information content (AvgIpc) is 2.65. The lowest BCUT2D eigenvalue weighted by Crippen LogP contribution is -2.45. The number of carbonyl (C=O) groups excluding carboxylic acids is 1. The number of nitrogens with zero attached hydrogens (tertiary/aromatic N) is 2. The van der Waals surface area contributed by atoms with Gasteiger partial charge in [0, 0.05) is 25.6 Å². The van der Waals surface area contributed by atoms with Gasteiger partial charge in [0.05, 0.1) is 6.61 Å². The van der Waals surface area contributed by atoms with Gasteiger partial charge in [-0.2, -0.15) is 0 Å². The third-order valence-electron chi connectivity index (χ3n) is 5.64. The summed E-state index contributed by atoms with van der Waals surface area (Å²) in [6.45, 7) is 9.31. The monoisotopic (exact) mass is 360 g/mol. The van der Waals surface area contributed by atoms with Gasteiger partial charge in [-0.15, -0.1) is 0 Å². The zero-order valence-corrected chi connectivity index (χ0v) is 16.1. The summed E-state index contributed by atoms with van der Waals surface area (Å²) < 4.78 is 5.47. The van der Waals surface area contributed by atoms with Gasteiger partial charge in [-0.05, 0) is 69.3 Å². The number of aromatic hydroxyl groups is 1. The van der Waals surface area contributed by atoms with Crippen molar-refractivity contribution in [1.29, 1.82) is 0 Å². The molecule has 2 aliphatic rings. The highest BCUT2D eigenvalue weighted by Crippen LogP contribution is 2.29. The molecule has 0 unspecified atom stereocenters. The first-order valence-corrected chi connectivity index (χ1v) is 10.0. The molecule has 5 nitrogen and oxygen atoms in total. The molecule has 0 aliphatic carbocycles. The predicted molar refractivity (Wildman–Crippen MR) is 102 cm³/mol. The Balaban J connectivity index is 1.51. The highest BCUT2D eigenvalue weighted by molar-refractivity contribution is 5.79. The van der Waals surface area contributed by atoms with Crippen LogP contribution < -0.4 is 4.74 Å². The van der Waals surface area contributed by atoms with E-state index in [1.165, 1.54) is 6.42 Å². The van der Waals surface area contributed by atoms with E-state index in [9.17, 15) is 9.90 Å². The number of ether oxygens (including phenoxy) is 1. The molecule has 2 heterocycles. The number of likely N-dealkylation sites (tertiary alicyclic amines) is 2. The van der Waals surface area contributed by atoms with E-state index in [-0.39, 0.29) is 11.7 Å². The van der Waals surface area contributed by atoms with Gasteiger partial charge in [-0.1, -0.05) is 13.0 Å². The third-order valence-corrected chi connectivity index (χ3v) is 5.64. The predicted octanol–water partition coefficient (Wildman–Crippen LogP) is 3.26. The van der Waals surface area contributed by atoms with Crippen LogP contribution >= 0.6 is 0 Å². The van der Waals surface area contributed by atoms with Crippen LogP contribution in [-0.2, 0) is 11.3 Å². The molecular formula is C21H32N2O3. The van der Waals surface area contributed by atoms with E-state index in [1.807, 2.05) is 19.1 Å². The molecule has 1 aromatic carbocycles. The van der Waals surface area contributed by atoms with E-state index in [2.05, 4.69) is 16.7 Å². The molecule has 144 valence electrons. The Kier molecular flexibility index (Phi) is 6.41. The van der Waals surface area contributed by atoms with Gasteiger partial charge in [-0.3, -0.25) is 9.69 Å². The van der Waals surface area contributed by atoms with Gasteiger partial charge in [0.1, 0.15) is 0 Å². The fourth-order valence-corrected chi connectivity index (χ4v) is 4.17. The third kappa shape index (κ3) is 4.70. The Morgan fingerprint density at radius 3 is 2.69 bits per heavy atom. The summed E-state index contributed by atoms with van der Waals surface area (Å²) in [5.74, 6) is 1.95. The van der Waals surface area contributed by atoms with Crippen LogP contribution in [-0.4, -0.2) is 53.6 Å². The Labute approximate surface area is 156 Å². The summed E-state index contributed by atoms with van der Waals surface area (Å²) in [4.78, 5) is 17.3. The van der Waals surface area contributed by atoms with Crippen molar-refractivity contribution in [3.05, 3.63) is 23.8 Å². The number of carbonyl (C=O) groups is 1. The fourth-order valence-electron chi connectivity index (χ4n) is 4.17. The van der Waals surface area contributed by atoms with E-state index < -0.39 is 0 Å². The summed E-state index contributed by atoms with van der Waals surface area (Å²) in [5, 5.41) is 9.83. The molecule has 3 rings (SSSR count). The first-order chi connectivity index (χ1) is 12.6. The summed E-state index contributed by atoms with van der Waals surface area (Å²) >= 11 is 0. The van der Waals surface area contributed by atoms with Gasteiger partial charge in [-0.25, -0.2) is 0 Å². The van der Waals surface area contributed by atoms with Gasteiger partial charge in [0.2, 0.25) is 5.91 Å². The molecule has 5 heteroatoms. The summed E-state index contributed by atoms with van der Waals surface area (Å²) in [6.07, 6.45) is 4.29. The number of rotatable bonds is 5. The standard InChI is InChI=1S/C21H32N2O3/c1-3-26-20-13-17(6-7-19(20)24)15-22-11-8-18(9-12-22)21(25)23-10-4-5-16(2)14-23/h6-7,13,16,18,24H,3-5,8-12,14-15H2,1-2H3/t16-/m1/s1. The lowest BCUT2D eigenvalue weighted by molar-refractivity contribution is -0.138. The minimum absolute atomic E-state index is 0.190. The molecule has 2 aliphatic heterocycles. The van der Waals surface area contributed by atoms with Crippen LogP contribution in [0.5, 0.6) is 11.5 Å². The number of piperidine rings is 2. The second kappa shape index (κ2) is 8.76. The molecule has 0 spiro atoms. The summed E-state index contributed by atoms with van der Waals surface area (Å²) in [5.41, 5.74) is 1.14. The van der Waals surface area contributed by atoms with Crippen LogP contribution in [0, 0.1) is 11.8 Å². The first-order valence-electron chi connectivity index (χ1n) is 10.0. The van der Waals surface area contributed by atoms with Crippen LogP contribution in [0.1, 0.15) is 45.1 Å². The summed E-state index contributed by atoms with van der Waals surface area (Å²) in [6, 6.07) is 5.57. The van der Waals surface area contributed by atoms with Gasteiger partial charge in [0.25, 0.3) is 0 Å². The number of amides is 1. The normalized spacial score (nSPS) is 22.4. The van der Waals surface area contributed by atoms with Crippen LogP contribution in [0.25, 0.3) is 0 Å². The van der Waals surface area contributed by atoms with Crippen molar-refractivity contribution in [3.8, 4) is 11.5 Å². The second-order valence-electron chi connectivity index (χ2n) is 7.82. The van der Waals surface area contributed by atoms with Crippen molar-refractivity contribution >= 4 is 5.91 Å². The SMILES string of the molecule is CCOc1cc(CN2CCC(C(=O)N3CCC[C@@H](C)C3)CC2)ccc1O. The first kappa shape index (κ1) is 19.0. The topological polar surface area (TPSA) is 53.0 Å². The van der Waals surface area contributed by atoms with Crippen molar-refractivity contribution in [3.63, 3.8) is 0 Å². The zero-order valence-electron chi connectivity index (χ0n) is 16.1. The minimum atomic E-state index is 0.190. The molecule has 2 saturated heterocycles. The highest BCUT2D eigenvalue weighted by Gasteiger charge is 2.30. The fraction of sp³-hybridized carbons (Fsp3) is 0.667. The maximum absolute atomic E-state index is 12.8. The van der Waals surface area contributed by atoms with E-state index in [4.69, 9.17) is 4.74 Å². The maximum atomic E-state index is 12.8. The Morgan fingerprint density at radius 1 is 1.23 bits per heavy atom. The lowest BCUT2D eigenvalue weighted by Gasteiger charge is -2.37. The van der Waals surface area contributed by atoms with E-state index in [0.29, 0.717) is 24.2 Å².